The van der Waals surface area contributed by atoms with E-state index in [1.807, 2.05) is 0 Å². The lowest BCUT2D eigenvalue weighted by Crippen LogP contribution is -2.47. The SMILES string of the molecule is C[C@H]1CN(CCNCc2csc(C(C)(C)C)n2)C[C@H](C)O1. The van der Waals surface area contributed by atoms with E-state index < -0.39 is 0 Å². The predicted molar refractivity (Wildman–Crippen MR) is 89.0 cm³/mol. The molecule has 4 nitrogen and oxygen atoms in total. The van der Waals surface area contributed by atoms with Crippen molar-refractivity contribution in [3.63, 3.8) is 0 Å². The smallest absolute Gasteiger partial charge is 0.0982 e. The summed E-state index contributed by atoms with van der Waals surface area (Å²) in [7, 11) is 0. The molecule has 1 aliphatic heterocycles. The summed E-state index contributed by atoms with van der Waals surface area (Å²) in [4.78, 5) is 7.19. The maximum Gasteiger partial charge on any atom is 0.0982 e. The number of nitrogens with zero attached hydrogens (tertiary/aromatic N) is 2. The van der Waals surface area contributed by atoms with Crippen LogP contribution in [0, 0.1) is 0 Å². The summed E-state index contributed by atoms with van der Waals surface area (Å²) in [5.74, 6) is 0. The molecular weight excluding hydrogens is 282 g/mol. The summed E-state index contributed by atoms with van der Waals surface area (Å²) in [6.07, 6.45) is 0.697. The van der Waals surface area contributed by atoms with Gasteiger partial charge in [0.2, 0.25) is 0 Å². The Labute approximate surface area is 132 Å². The summed E-state index contributed by atoms with van der Waals surface area (Å²) >= 11 is 1.77. The van der Waals surface area contributed by atoms with Crippen molar-refractivity contribution in [2.75, 3.05) is 26.2 Å². The van der Waals surface area contributed by atoms with E-state index in [-0.39, 0.29) is 5.41 Å². The zero-order valence-electron chi connectivity index (χ0n) is 14.0. The second-order valence-electron chi connectivity index (χ2n) is 7.09. The molecule has 0 radical (unpaired) electrons. The standard InChI is InChI=1S/C16H29N3OS/c1-12-9-19(10-13(2)20-12)7-6-17-8-14-11-21-15(18-14)16(3,4)5/h11-13,17H,6-10H2,1-5H3/t12-,13-/m0/s1. The first-order chi connectivity index (χ1) is 9.84. The second kappa shape index (κ2) is 7.18. The molecule has 1 fully saturated rings. The van der Waals surface area contributed by atoms with Gasteiger partial charge in [0.15, 0.2) is 0 Å². The Morgan fingerprint density at radius 3 is 2.57 bits per heavy atom. The van der Waals surface area contributed by atoms with Crippen molar-refractivity contribution >= 4 is 11.3 Å². The average Bonchev–Trinajstić information content (AvgIpc) is 2.82. The molecule has 5 heteroatoms. The maximum absolute atomic E-state index is 5.76. The normalized spacial score (nSPS) is 24.4. The highest BCUT2D eigenvalue weighted by Crippen LogP contribution is 2.25. The van der Waals surface area contributed by atoms with Crippen molar-refractivity contribution < 1.29 is 4.74 Å². The number of nitrogens with one attached hydrogen (secondary N) is 1. The molecule has 2 rings (SSSR count). The molecule has 2 atom stereocenters. The van der Waals surface area contributed by atoms with Gasteiger partial charge in [-0.2, -0.15) is 0 Å². The number of ether oxygens (including phenoxy) is 1. The molecule has 0 amide bonds. The first-order valence-corrected chi connectivity index (χ1v) is 8.76. The van der Waals surface area contributed by atoms with Gasteiger partial charge in [0, 0.05) is 43.5 Å². The molecule has 1 N–H and O–H groups in total. The van der Waals surface area contributed by atoms with Crippen LogP contribution in [0.15, 0.2) is 5.38 Å². The fourth-order valence-corrected chi connectivity index (χ4v) is 3.56. The lowest BCUT2D eigenvalue weighted by Gasteiger charge is -2.35. The maximum atomic E-state index is 5.76. The van der Waals surface area contributed by atoms with Gasteiger partial charge in [-0.25, -0.2) is 4.98 Å². The Morgan fingerprint density at radius 1 is 1.33 bits per heavy atom. The van der Waals surface area contributed by atoms with Gasteiger partial charge in [-0.05, 0) is 13.8 Å². The minimum atomic E-state index is 0.156. The molecule has 0 aromatic carbocycles. The third kappa shape index (κ3) is 5.33. The zero-order chi connectivity index (χ0) is 15.5. The number of aromatic nitrogens is 1. The molecule has 0 unspecified atom stereocenters. The summed E-state index contributed by atoms with van der Waals surface area (Å²) in [6.45, 7) is 16.0. The monoisotopic (exact) mass is 311 g/mol. The van der Waals surface area contributed by atoms with E-state index >= 15 is 0 Å². The quantitative estimate of drug-likeness (QED) is 0.848. The van der Waals surface area contributed by atoms with Gasteiger partial charge in [-0.15, -0.1) is 11.3 Å². The third-order valence-electron chi connectivity index (χ3n) is 3.60. The van der Waals surface area contributed by atoms with Gasteiger partial charge < -0.3 is 10.1 Å². The highest BCUT2D eigenvalue weighted by atomic mass is 32.1. The zero-order valence-corrected chi connectivity index (χ0v) is 14.8. The summed E-state index contributed by atoms with van der Waals surface area (Å²) in [5.41, 5.74) is 1.32. The van der Waals surface area contributed by atoms with Gasteiger partial charge in [0.25, 0.3) is 0 Å². The van der Waals surface area contributed by atoms with Gasteiger partial charge in [-0.1, -0.05) is 20.8 Å². The fraction of sp³-hybridized carbons (Fsp3) is 0.812. The molecule has 1 aromatic heterocycles. The van der Waals surface area contributed by atoms with Crippen molar-refractivity contribution in [2.24, 2.45) is 0 Å². The average molecular weight is 311 g/mol. The van der Waals surface area contributed by atoms with Crippen molar-refractivity contribution in [1.82, 2.24) is 15.2 Å². The summed E-state index contributed by atoms with van der Waals surface area (Å²) < 4.78 is 5.76. The summed E-state index contributed by atoms with van der Waals surface area (Å²) in [6, 6.07) is 0. The number of morpholine rings is 1. The van der Waals surface area contributed by atoms with E-state index in [1.54, 1.807) is 11.3 Å². The van der Waals surface area contributed by atoms with Crippen molar-refractivity contribution in [1.29, 1.82) is 0 Å². The van der Waals surface area contributed by atoms with Crippen LogP contribution in [0.3, 0.4) is 0 Å². The van der Waals surface area contributed by atoms with E-state index in [1.165, 1.54) is 5.01 Å². The van der Waals surface area contributed by atoms with Crippen LogP contribution in [0.5, 0.6) is 0 Å². The molecular formula is C16H29N3OS. The number of hydrogen-bond acceptors (Lipinski definition) is 5. The van der Waals surface area contributed by atoms with Crippen LogP contribution in [0.1, 0.15) is 45.3 Å². The molecule has 1 saturated heterocycles. The van der Waals surface area contributed by atoms with Crippen LogP contribution in [0.4, 0.5) is 0 Å². The van der Waals surface area contributed by atoms with Gasteiger partial charge in [-0.3, -0.25) is 4.90 Å². The van der Waals surface area contributed by atoms with Crippen LogP contribution < -0.4 is 5.32 Å². The van der Waals surface area contributed by atoms with Crippen LogP contribution in [0.25, 0.3) is 0 Å². The van der Waals surface area contributed by atoms with Gasteiger partial charge in [0.1, 0.15) is 0 Å². The van der Waals surface area contributed by atoms with Crippen molar-refractivity contribution in [3.05, 3.63) is 16.1 Å². The molecule has 0 aliphatic carbocycles. The first kappa shape index (κ1) is 16.9. The Morgan fingerprint density at radius 2 is 2.00 bits per heavy atom. The molecule has 0 saturated carbocycles. The van der Waals surface area contributed by atoms with Gasteiger partial charge in [0.05, 0.1) is 22.9 Å². The Balaban J connectivity index is 1.69. The van der Waals surface area contributed by atoms with Crippen molar-refractivity contribution in [2.45, 2.75) is 58.8 Å². The van der Waals surface area contributed by atoms with E-state index in [9.17, 15) is 0 Å². The second-order valence-corrected chi connectivity index (χ2v) is 7.95. The van der Waals surface area contributed by atoms with E-state index in [4.69, 9.17) is 9.72 Å². The lowest BCUT2D eigenvalue weighted by atomic mass is 9.98. The van der Waals surface area contributed by atoms with Crippen LogP contribution >= 0.6 is 11.3 Å². The fourth-order valence-electron chi connectivity index (χ4n) is 2.65. The molecule has 21 heavy (non-hydrogen) atoms. The number of rotatable bonds is 5. The topological polar surface area (TPSA) is 37.4 Å². The molecule has 120 valence electrons. The number of hydrogen-bond donors (Lipinski definition) is 1. The summed E-state index contributed by atoms with van der Waals surface area (Å²) in [5, 5.41) is 6.90. The largest absolute Gasteiger partial charge is 0.373 e. The minimum absolute atomic E-state index is 0.156. The van der Waals surface area contributed by atoms with Crippen LogP contribution in [0.2, 0.25) is 0 Å². The predicted octanol–water partition coefficient (Wildman–Crippen LogP) is 2.64. The highest BCUT2D eigenvalue weighted by Gasteiger charge is 2.21. The Hall–Kier alpha value is -0.490. The molecule has 0 bridgehead atoms. The molecule has 1 aromatic rings. The van der Waals surface area contributed by atoms with E-state index in [0.29, 0.717) is 12.2 Å². The minimum Gasteiger partial charge on any atom is -0.373 e. The van der Waals surface area contributed by atoms with Crippen LogP contribution in [-0.4, -0.2) is 48.3 Å². The molecule has 0 spiro atoms. The van der Waals surface area contributed by atoms with Crippen LogP contribution in [-0.2, 0) is 16.7 Å². The van der Waals surface area contributed by atoms with Crippen molar-refractivity contribution in [3.8, 4) is 0 Å². The third-order valence-corrected chi connectivity index (χ3v) is 4.92. The molecule has 2 heterocycles. The molecule has 1 aliphatic rings. The Kier molecular flexibility index (Phi) is 5.77. The lowest BCUT2D eigenvalue weighted by molar-refractivity contribution is -0.0674. The van der Waals surface area contributed by atoms with E-state index in [0.717, 1.165) is 38.4 Å². The Bertz CT molecular complexity index is 431. The highest BCUT2D eigenvalue weighted by molar-refractivity contribution is 7.09. The van der Waals surface area contributed by atoms with Gasteiger partial charge >= 0.3 is 0 Å². The first-order valence-electron chi connectivity index (χ1n) is 7.88. The van der Waals surface area contributed by atoms with E-state index in [2.05, 4.69) is 50.2 Å². The number of thiazole rings is 1.